The molecule has 0 radical (unpaired) electrons. The first-order chi connectivity index (χ1) is 11.0. The van der Waals surface area contributed by atoms with Crippen LogP contribution in [0.1, 0.15) is 19.1 Å². The lowest BCUT2D eigenvalue weighted by atomic mass is 10.3. The van der Waals surface area contributed by atoms with Crippen molar-refractivity contribution in [2.24, 2.45) is 11.8 Å². The summed E-state index contributed by atoms with van der Waals surface area (Å²) in [4.78, 5) is 12.0. The van der Waals surface area contributed by atoms with Gasteiger partial charge in [0.25, 0.3) is 0 Å². The average Bonchev–Trinajstić information content (AvgIpc) is 3.04. The first-order valence-corrected chi connectivity index (χ1v) is 8.87. The van der Waals surface area contributed by atoms with Crippen molar-refractivity contribution in [3.63, 3.8) is 0 Å². The number of anilines is 1. The van der Waals surface area contributed by atoms with Gasteiger partial charge in [0, 0.05) is 11.6 Å². The molecule has 1 saturated carbocycles. The van der Waals surface area contributed by atoms with Gasteiger partial charge in [0.1, 0.15) is 5.76 Å². The van der Waals surface area contributed by atoms with Crippen LogP contribution < -0.4 is 10.0 Å². The number of hydrogen-bond acceptors (Lipinski definition) is 4. The highest BCUT2D eigenvalue weighted by Gasteiger charge is 2.39. The Morgan fingerprint density at radius 1 is 1.30 bits per heavy atom. The maximum Gasteiger partial charge on any atom is 0.241 e. The molecular formula is C16H18N2O4S. The summed E-state index contributed by atoms with van der Waals surface area (Å²) in [6.07, 6.45) is 2.37. The predicted octanol–water partition coefficient (Wildman–Crippen LogP) is 2.35. The van der Waals surface area contributed by atoms with E-state index in [4.69, 9.17) is 4.42 Å². The minimum Gasteiger partial charge on any atom is -0.468 e. The third-order valence-corrected chi connectivity index (χ3v) is 5.27. The van der Waals surface area contributed by atoms with Crippen molar-refractivity contribution in [1.82, 2.24) is 4.72 Å². The molecule has 1 aromatic heterocycles. The maximum atomic E-state index is 12.3. The van der Waals surface area contributed by atoms with E-state index in [1.54, 1.807) is 24.3 Å². The number of benzene rings is 1. The van der Waals surface area contributed by atoms with E-state index in [9.17, 15) is 13.2 Å². The molecule has 2 N–H and O–H groups in total. The normalized spacial score (nSPS) is 20.2. The van der Waals surface area contributed by atoms with Crippen LogP contribution >= 0.6 is 0 Å². The SMILES string of the molecule is CC1CC1C(=O)Nc1cccc(S(=O)(=O)NCc2ccco2)c1. The van der Waals surface area contributed by atoms with Crippen molar-refractivity contribution in [3.05, 3.63) is 48.4 Å². The Hall–Kier alpha value is -2.12. The summed E-state index contributed by atoms with van der Waals surface area (Å²) < 4.78 is 32.2. The quantitative estimate of drug-likeness (QED) is 0.849. The van der Waals surface area contributed by atoms with Gasteiger partial charge in [-0.1, -0.05) is 13.0 Å². The number of furan rings is 1. The van der Waals surface area contributed by atoms with Gasteiger partial charge < -0.3 is 9.73 Å². The fourth-order valence-electron chi connectivity index (χ4n) is 2.33. The molecule has 7 heteroatoms. The molecular weight excluding hydrogens is 316 g/mol. The van der Waals surface area contributed by atoms with Gasteiger partial charge >= 0.3 is 0 Å². The molecule has 0 spiro atoms. The van der Waals surface area contributed by atoms with Crippen molar-refractivity contribution < 1.29 is 17.6 Å². The highest BCUT2D eigenvalue weighted by Crippen LogP contribution is 2.38. The summed E-state index contributed by atoms with van der Waals surface area (Å²) in [6, 6.07) is 9.60. The molecule has 2 aromatic rings. The lowest BCUT2D eigenvalue weighted by Crippen LogP contribution is -2.23. The lowest BCUT2D eigenvalue weighted by molar-refractivity contribution is -0.117. The molecule has 2 unspecified atom stereocenters. The molecule has 23 heavy (non-hydrogen) atoms. The molecule has 1 fully saturated rings. The molecule has 6 nitrogen and oxygen atoms in total. The van der Waals surface area contributed by atoms with Crippen LogP contribution in [-0.2, 0) is 21.4 Å². The van der Waals surface area contributed by atoms with E-state index >= 15 is 0 Å². The summed E-state index contributed by atoms with van der Waals surface area (Å²) in [5.74, 6) is 0.903. The molecule has 0 saturated heterocycles. The Bertz CT molecular complexity index is 799. The minimum absolute atomic E-state index is 0.0346. The van der Waals surface area contributed by atoms with E-state index in [0.29, 0.717) is 17.4 Å². The summed E-state index contributed by atoms with van der Waals surface area (Å²) in [6.45, 7) is 2.09. The fraction of sp³-hybridized carbons (Fsp3) is 0.312. The molecule has 122 valence electrons. The Morgan fingerprint density at radius 3 is 2.74 bits per heavy atom. The monoisotopic (exact) mass is 334 g/mol. The highest BCUT2D eigenvalue weighted by atomic mass is 32.2. The number of carbonyl (C=O) groups excluding carboxylic acids is 1. The van der Waals surface area contributed by atoms with Gasteiger partial charge in [-0.3, -0.25) is 4.79 Å². The van der Waals surface area contributed by atoms with Gasteiger partial charge in [0.2, 0.25) is 15.9 Å². The topological polar surface area (TPSA) is 88.4 Å². The standard InChI is InChI=1S/C16H18N2O4S/c1-11-8-15(11)16(19)18-12-4-2-6-14(9-12)23(20,21)17-10-13-5-3-7-22-13/h2-7,9,11,15,17H,8,10H2,1H3,(H,18,19). The first-order valence-electron chi connectivity index (χ1n) is 7.39. The number of sulfonamides is 1. The van der Waals surface area contributed by atoms with E-state index in [0.717, 1.165) is 6.42 Å². The van der Waals surface area contributed by atoms with Crippen LogP contribution in [0.3, 0.4) is 0 Å². The van der Waals surface area contributed by atoms with Crippen molar-refractivity contribution >= 4 is 21.6 Å². The van der Waals surface area contributed by atoms with Gasteiger partial charge in [-0.25, -0.2) is 13.1 Å². The number of rotatable bonds is 6. The maximum absolute atomic E-state index is 12.3. The van der Waals surface area contributed by atoms with Crippen molar-refractivity contribution in [1.29, 1.82) is 0 Å². The zero-order valence-corrected chi connectivity index (χ0v) is 13.5. The predicted molar refractivity (Wildman–Crippen MR) is 85.1 cm³/mol. The molecule has 1 aromatic carbocycles. The second-order valence-corrected chi connectivity index (χ2v) is 7.51. The van der Waals surface area contributed by atoms with Crippen LogP contribution in [0, 0.1) is 11.8 Å². The van der Waals surface area contributed by atoms with Crippen LogP contribution in [0.15, 0.2) is 52.0 Å². The van der Waals surface area contributed by atoms with Crippen molar-refractivity contribution in [2.75, 3.05) is 5.32 Å². The average molecular weight is 334 g/mol. The second-order valence-electron chi connectivity index (χ2n) is 5.74. The fourth-order valence-corrected chi connectivity index (χ4v) is 3.36. The van der Waals surface area contributed by atoms with E-state index in [1.807, 2.05) is 6.92 Å². The molecule has 1 aliphatic carbocycles. The lowest BCUT2D eigenvalue weighted by Gasteiger charge is -2.09. The van der Waals surface area contributed by atoms with Crippen LogP contribution in [0.4, 0.5) is 5.69 Å². The molecule has 1 heterocycles. The summed E-state index contributed by atoms with van der Waals surface area (Å²) in [5, 5.41) is 2.77. The highest BCUT2D eigenvalue weighted by molar-refractivity contribution is 7.89. The third kappa shape index (κ3) is 3.80. The molecule has 3 rings (SSSR count). The van der Waals surface area contributed by atoms with Crippen molar-refractivity contribution in [3.8, 4) is 0 Å². The van der Waals surface area contributed by atoms with Gasteiger partial charge in [0.15, 0.2) is 0 Å². The number of hydrogen-bond donors (Lipinski definition) is 2. The third-order valence-electron chi connectivity index (χ3n) is 3.87. The Morgan fingerprint density at radius 2 is 2.09 bits per heavy atom. The zero-order valence-electron chi connectivity index (χ0n) is 12.7. The summed E-state index contributed by atoms with van der Waals surface area (Å²) in [7, 11) is -3.67. The van der Waals surface area contributed by atoms with Crippen LogP contribution in [-0.4, -0.2) is 14.3 Å². The number of amides is 1. The van der Waals surface area contributed by atoms with Gasteiger partial charge in [-0.05, 0) is 42.7 Å². The summed E-state index contributed by atoms with van der Waals surface area (Å²) >= 11 is 0. The Balaban J connectivity index is 1.69. The van der Waals surface area contributed by atoms with Crippen molar-refractivity contribution in [2.45, 2.75) is 24.8 Å². The molecule has 0 aliphatic heterocycles. The molecule has 0 bridgehead atoms. The van der Waals surface area contributed by atoms with E-state index in [2.05, 4.69) is 10.0 Å². The van der Waals surface area contributed by atoms with Crippen LogP contribution in [0.25, 0.3) is 0 Å². The number of carbonyl (C=O) groups is 1. The van der Waals surface area contributed by atoms with Crippen LogP contribution in [0.5, 0.6) is 0 Å². The van der Waals surface area contributed by atoms with E-state index in [-0.39, 0.29) is 23.3 Å². The zero-order chi connectivity index (χ0) is 16.4. The molecule has 1 amide bonds. The minimum atomic E-state index is -3.67. The molecule has 1 aliphatic rings. The summed E-state index contributed by atoms with van der Waals surface area (Å²) in [5.41, 5.74) is 0.481. The van der Waals surface area contributed by atoms with Gasteiger partial charge in [-0.2, -0.15) is 0 Å². The smallest absolute Gasteiger partial charge is 0.241 e. The second kappa shape index (κ2) is 6.17. The number of nitrogens with one attached hydrogen (secondary N) is 2. The van der Waals surface area contributed by atoms with Crippen LogP contribution in [0.2, 0.25) is 0 Å². The van der Waals surface area contributed by atoms with E-state index < -0.39 is 10.0 Å². The van der Waals surface area contributed by atoms with Gasteiger partial charge in [-0.15, -0.1) is 0 Å². The Kier molecular flexibility index (Phi) is 4.23. The first kappa shape index (κ1) is 15.8. The Labute approximate surface area is 134 Å². The van der Waals surface area contributed by atoms with E-state index in [1.165, 1.54) is 18.4 Å². The van der Waals surface area contributed by atoms with Gasteiger partial charge in [0.05, 0.1) is 17.7 Å². The molecule has 2 atom stereocenters. The largest absolute Gasteiger partial charge is 0.468 e.